The molecular formula is C9H13F3O5. The minimum absolute atomic E-state index is 0.00579. The second-order valence-corrected chi connectivity index (χ2v) is 3.25. The number of halogens is 3. The molecular weight excluding hydrogens is 245 g/mol. The molecule has 1 saturated heterocycles. The van der Waals surface area contributed by atoms with Crippen molar-refractivity contribution in [2.24, 2.45) is 0 Å². The van der Waals surface area contributed by atoms with Gasteiger partial charge < -0.3 is 14.6 Å². The van der Waals surface area contributed by atoms with Crippen LogP contribution >= 0.6 is 0 Å². The number of carbonyl (C=O) groups excluding carboxylic acids is 1. The van der Waals surface area contributed by atoms with Gasteiger partial charge in [0.2, 0.25) is 0 Å². The normalized spacial score (nSPS) is 19.9. The number of hydrogen-bond donors (Lipinski definition) is 1. The van der Waals surface area contributed by atoms with Gasteiger partial charge in [-0.2, -0.15) is 13.2 Å². The smallest absolute Gasteiger partial charge is 0.475 e. The Morgan fingerprint density at radius 1 is 1.41 bits per heavy atom. The van der Waals surface area contributed by atoms with E-state index in [2.05, 4.69) is 0 Å². The third kappa shape index (κ3) is 8.49. The number of carbonyl (C=O) groups is 2. The number of aliphatic carboxylic acids is 1. The minimum Gasteiger partial charge on any atom is -0.475 e. The number of carboxylic acid groups (broad SMARTS) is 1. The van der Waals surface area contributed by atoms with E-state index in [4.69, 9.17) is 19.4 Å². The van der Waals surface area contributed by atoms with Gasteiger partial charge in [0, 0.05) is 13.5 Å². The maximum atomic E-state index is 10.6. The van der Waals surface area contributed by atoms with Gasteiger partial charge in [-0.3, -0.25) is 4.79 Å². The fourth-order valence-electron chi connectivity index (χ4n) is 1.04. The summed E-state index contributed by atoms with van der Waals surface area (Å²) in [7, 11) is 0. The molecule has 1 atom stereocenters. The number of carboxylic acids is 1. The predicted octanol–water partition coefficient (Wildman–Crippen LogP) is 1.36. The van der Waals surface area contributed by atoms with Crippen molar-refractivity contribution in [3.8, 4) is 0 Å². The minimum atomic E-state index is -5.08. The molecule has 1 aliphatic heterocycles. The molecule has 0 radical (unpaired) electrons. The lowest BCUT2D eigenvalue weighted by Gasteiger charge is -2.21. The molecule has 1 N–H and O–H groups in total. The average molecular weight is 258 g/mol. The zero-order valence-corrected chi connectivity index (χ0v) is 9.12. The Bertz CT molecular complexity index is 258. The summed E-state index contributed by atoms with van der Waals surface area (Å²) < 4.78 is 41.8. The summed E-state index contributed by atoms with van der Waals surface area (Å²) >= 11 is 0. The second-order valence-electron chi connectivity index (χ2n) is 3.25. The van der Waals surface area contributed by atoms with Gasteiger partial charge in [-0.25, -0.2) is 4.79 Å². The zero-order chi connectivity index (χ0) is 13.5. The Morgan fingerprint density at radius 3 is 2.24 bits per heavy atom. The Morgan fingerprint density at radius 2 is 1.94 bits per heavy atom. The zero-order valence-electron chi connectivity index (χ0n) is 9.12. The first-order valence-corrected chi connectivity index (χ1v) is 4.78. The average Bonchev–Trinajstić information content (AvgIpc) is 2.17. The molecule has 0 bridgehead atoms. The van der Waals surface area contributed by atoms with Crippen molar-refractivity contribution in [1.29, 1.82) is 0 Å². The van der Waals surface area contributed by atoms with Crippen LogP contribution in [0.15, 0.2) is 0 Å². The highest BCUT2D eigenvalue weighted by Crippen LogP contribution is 2.13. The topological polar surface area (TPSA) is 72.8 Å². The van der Waals surface area contributed by atoms with Crippen LogP contribution in [0.25, 0.3) is 0 Å². The van der Waals surface area contributed by atoms with Crippen molar-refractivity contribution in [3.05, 3.63) is 0 Å². The van der Waals surface area contributed by atoms with E-state index in [1.165, 1.54) is 6.92 Å². The first kappa shape index (κ1) is 15.7. The Labute approximate surface area is 95.5 Å². The summed E-state index contributed by atoms with van der Waals surface area (Å²) in [5.74, 6) is -2.97. The predicted molar refractivity (Wildman–Crippen MR) is 49.3 cm³/mol. The number of ether oxygens (including phenoxy) is 2. The molecule has 0 aliphatic carbocycles. The standard InChI is InChI=1S/C7H12O3.C2HF3O2/c1-6(8)10-7-3-2-4-9-5-7;3-2(4,5)1(6)7/h7H,2-5H2,1H3;(H,6,7). The molecule has 1 fully saturated rings. The molecule has 1 unspecified atom stereocenters. The Hall–Kier alpha value is -1.31. The quantitative estimate of drug-likeness (QED) is 0.719. The Balaban J connectivity index is 0.000000325. The van der Waals surface area contributed by atoms with Crippen LogP contribution in [-0.2, 0) is 19.1 Å². The number of rotatable bonds is 1. The molecule has 1 heterocycles. The van der Waals surface area contributed by atoms with Gasteiger partial charge in [-0.15, -0.1) is 0 Å². The fourth-order valence-corrected chi connectivity index (χ4v) is 1.04. The van der Waals surface area contributed by atoms with Crippen molar-refractivity contribution < 1.29 is 37.3 Å². The van der Waals surface area contributed by atoms with Gasteiger partial charge >= 0.3 is 18.1 Å². The number of alkyl halides is 3. The van der Waals surface area contributed by atoms with Crippen LogP contribution in [0.5, 0.6) is 0 Å². The van der Waals surface area contributed by atoms with Crippen molar-refractivity contribution in [2.75, 3.05) is 13.2 Å². The van der Waals surface area contributed by atoms with Crippen LogP contribution in [0.4, 0.5) is 13.2 Å². The fraction of sp³-hybridized carbons (Fsp3) is 0.778. The highest BCUT2D eigenvalue weighted by Gasteiger charge is 2.38. The molecule has 0 aromatic rings. The van der Waals surface area contributed by atoms with Gasteiger partial charge in [0.05, 0.1) is 6.61 Å². The summed E-state index contributed by atoms with van der Waals surface area (Å²) in [6, 6.07) is 0. The summed E-state index contributed by atoms with van der Waals surface area (Å²) in [6.07, 6.45) is -3.14. The van der Waals surface area contributed by atoms with E-state index in [0.29, 0.717) is 6.61 Å². The number of esters is 1. The second kappa shape index (κ2) is 7.10. The van der Waals surface area contributed by atoms with Crippen LogP contribution in [0, 0.1) is 0 Å². The van der Waals surface area contributed by atoms with E-state index in [9.17, 15) is 18.0 Å². The van der Waals surface area contributed by atoms with Gasteiger partial charge in [-0.05, 0) is 12.8 Å². The summed E-state index contributed by atoms with van der Waals surface area (Å²) in [4.78, 5) is 19.3. The monoisotopic (exact) mass is 258 g/mol. The summed E-state index contributed by atoms with van der Waals surface area (Å²) in [5.41, 5.74) is 0. The highest BCUT2D eigenvalue weighted by molar-refractivity contribution is 5.73. The molecule has 17 heavy (non-hydrogen) atoms. The van der Waals surface area contributed by atoms with Crippen molar-refractivity contribution in [2.45, 2.75) is 32.0 Å². The van der Waals surface area contributed by atoms with Gasteiger partial charge in [0.1, 0.15) is 6.10 Å². The molecule has 5 nitrogen and oxygen atoms in total. The van der Waals surface area contributed by atoms with Crippen molar-refractivity contribution in [3.63, 3.8) is 0 Å². The largest absolute Gasteiger partial charge is 0.490 e. The van der Waals surface area contributed by atoms with Gasteiger partial charge in [0.15, 0.2) is 0 Å². The molecule has 0 saturated carbocycles. The van der Waals surface area contributed by atoms with Crippen molar-refractivity contribution in [1.82, 2.24) is 0 Å². The first-order chi connectivity index (χ1) is 7.73. The lowest BCUT2D eigenvalue weighted by atomic mass is 10.2. The number of hydrogen-bond acceptors (Lipinski definition) is 4. The summed E-state index contributed by atoms with van der Waals surface area (Å²) in [5, 5.41) is 7.12. The van der Waals surface area contributed by atoms with E-state index < -0.39 is 12.1 Å². The Kier molecular flexibility index (Phi) is 6.55. The van der Waals surface area contributed by atoms with E-state index in [-0.39, 0.29) is 12.1 Å². The van der Waals surface area contributed by atoms with E-state index in [1.54, 1.807) is 0 Å². The third-order valence-electron chi connectivity index (χ3n) is 1.69. The third-order valence-corrected chi connectivity index (χ3v) is 1.69. The van der Waals surface area contributed by atoms with Crippen LogP contribution in [-0.4, -0.2) is 42.5 Å². The highest BCUT2D eigenvalue weighted by atomic mass is 19.4. The van der Waals surface area contributed by atoms with Crippen LogP contribution in [0.2, 0.25) is 0 Å². The molecule has 1 rings (SSSR count). The summed E-state index contributed by atoms with van der Waals surface area (Å²) in [6.45, 7) is 2.80. The lowest BCUT2D eigenvalue weighted by molar-refractivity contribution is -0.192. The van der Waals surface area contributed by atoms with Crippen LogP contribution in [0.1, 0.15) is 19.8 Å². The molecule has 0 amide bonds. The molecule has 0 spiro atoms. The maximum Gasteiger partial charge on any atom is 0.490 e. The van der Waals surface area contributed by atoms with Crippen molar-refractivity contribution >= 4 is 11.9 Å². The van der Waals surface area contributed by atoms with Crippen LogP contribution < -0.4 is 0 Å². The van der Waals surface area contributed by atoms with Gasteiger partial charge in [0.25, 0.3) is 0 Å². The molecule has 1 aliphatic rings. The van der Waals surface area contributed by atoms with Gasteiger partial charge in [-0.1, -0.05) is 0 Å². The lowest BCUT2D eigenvalue weighted by Crippen LogP contribution is -2.26. The maximum absolute atomic E-state index is 10.6. The van der Waals surface area contributed by atoms with E-state index >= 15 is 0 Å². The molecule has 100 valence electrons. The van der Waals surface area contributed by atoms with Crippen LogP contribution in [0.3, 0.4) is 0 Å². The molecule has 0 aromatic carbocycles. The molecule has 8 heteroatoms. The first-order valence-electron chi connectivity index (χ1n) is 4.78. The van der Waals surface area contributed by atoms with E-state index in [1.807, 2.05) is 0 Å². The molecule has 0 aromatic heterocycles. The van der Waals surface area contributed by atoms with E-state index in [0.717, 1.165) is 19.4 Å². The SMILES string of the molecule is CC(=O)OC1CCCOC1.O=C(O)C(F)(F)F.